The summed E-state index contributed by atoms with van der Waals surface area (Å²) in [6.07, 6.45) is 1.45. The van der Waals surface area contributed by atoms with Gasteiger partial charge in [0.05, 0.1) is 11.7 Å². The molecular formula is C23H20ClN3O2S. The van der Waals surface area contributed by atoms with Crippen LogP contribution in [0.1, 0.15) is 23.4 Å². The van der Waals surface area contributed by atoms with Crippen molar-refractivity contribution in [1.29, 1.82) is 0 Å². The van der Waals surface area contributed by atoms with Crippen LogP contribution in [-0.2, 0) is 4.79 Å². The molecule has 152 valence electrons. The first-order valence-corrected chi connectivity index (χ1v) is 10.7. The maximum atomic E-state index is 13.4. The average Bonchev–Trinajstić information content (AvgIpc) is 3.08. The molecule has 0 bridgehead atoms. The predicted molar refractivity (Wildman–Crippen MR) is 124 cm³/mol. The van der Waals surface area contributed by atoms with E-state index < -0.39 is 6.04 Å². The number of benzene rings is 2. The largest absolute Gasteiger partial charge is 0.324 e. The number of hydrogen-bond donors (Lipinski definition) is 1. The van der Waals surface area contributed by atoms with Gasteiger partial charge in [-0.3, -0.25) is 14.2 Å². The Hall–Kier alpha value is -2.96. The van der Waals surface area contributed by atoms with E-state index in [4.69, 9.17) is 11.6 Å². The van der Waals surface area contributed by atoms with Crippen LogP contribution in [0, 0.1) is 13.8 Å². The van der Waals surface area contributed by atoms with E-state index in [-0.39, 0.29) is 11.5 Å². The minimum atomic E-state index is -0.739. The molecule has 1 atom stereocenters. The molecule has 0 spiro atoms. The van der Waals surface area contributed by atoms with Gasteiger partial charge >= 0.3 is 0 Å². The van der Waals surface area contributed by atoms with Gasteiger partial charge in [0, 0.05) is 21.2 Å². The first-order valence-electron chi connectivity index (χ1n) is 9.49. The minimum Gasteiger partial charge on any atom is -0.324 e. The monoisotopic (exact) mass is 437 g/mol. The summed E-state index contributed by atoms with van der Waals surface area (Å²) in [6.45, 7) is 5.55. The lowest BCUT2D eigenvalue weighted by Crippen LogP contribution is -2.31. The normalized spacial score (nSPS) is 12.1. The van der Waals surface area contributed by atoms with E-state index in [1.165, 1.54) is 22.2 Å². The lowest BCUT2D eigenvalue weighted by molar-refractivity contribution is -0.118. The van der Waals surface area contributed by atoms with Gasteiger partial charge in [-0.05, 0) is 44.0 Å². The summed E-state index contributed by atoms with van der Waals surface area (Å²) in [4.78, 5) is 32.4. The Kier molecular flexibility index (Phi) is 5.45. The Morgan fingerprint density at radius 3 is 2.63 bits per heavy atom. The van der Waals surface area contributed by atoms with Crippen LogP contribution in [-0.4, -0.2) is 15.5 Å². The smallest absolute Gasteiger partial charge is 0.263 e. The number of carbonyl (C=O) groups excluding carboxylic acids is 1. The molecule has 0 aliphatic rings. The highest BCUT2D eigenvalue weighted by molar-refractivity contribution is 7.19. The number of aromatic nitrogens is 2. The van der Waals surface area contributed by atoms with E-state index >= 15 is 0 Å². The number of aryl methyl sites for hydroxylation is 2. The zero-order valence-corrected chi connectivity index (χ0v) is 18.3. The van der Waals surface area contributed by atoms with E-state index in [9.17, 15) is 9.59 Å². The first kappa shape index (κ1) is 20.3. The molecule has 0 aliphatic heterocycles. The van der Waals surface area contributed by atoms with Gasteiger partial charge in [-0.1, -0.05) is 48.0 Å². The van der Waals surface area contributed by atoms with Crippen LogP contribution in [0.4, 0.5) is 5.69 Å². The lowest BCUT2D eigenvalue weighted by Gasteiger charge is -2.16. The average molecular weight is 438 g/mol. The van der Waals surface area contributed by atoms with Gasteiger partial charge in [0.1, 0.15) is 10.9 Å². The molecule has 4 rings (SSSR count). The summed E-state index contributed by atoms with van der Waals surface area (Å²) >= 11 is 7.53. The molecule has 0 saturated carbocycles. The van der Waals surface area contributed by atoms with Gasteiger partial charge in [-0.25, -0.2) is 4.98 Å². The Morgan fingerprint density at radius 1 is 1.17 bits per heavy atom. The fourth-order valence-corrected chi connectivity index (χ4v) is 4.61. The van der Waals surface area contributed by atoms with Crippen molar-refractivity contribution in [3.63, 3.8) is 0 Å². The number of nitrogens with zero attached hydrogens (tertiary/aromatic N) is 2. The number of anilines is 1. The van der Waals surface area contributed by atoms with Crippen LogP contribution >= 0.6 is 22.9 Å². The van der Waals surface area contributed by atoms with E-state index in [1.807, 2.05) is 50.2 Å². The number of thiophene rings is 1. The van der Waals surface area contributed by atoms with Gasteiger partial charge in [-0.2, -0.15) is 0 Å². The first-order chi connectivity index (χ1) is 14.4. The van der Waals surface area contributed by atoms with Crippen molar-refractivity contribution in [1.82, 2.24) is 9.55 Å². The van der Waals surface area contributed by atoms with E-state index in [2.05, 4.69) is 10.3 Å². The Bertz CT molecular complexity index is 1310. The van der Waals surface area contributed by atoms with Gasteiger partial charge in [0.15, 0.2) is 0 Å². The maximum Gasteiger partial charge on any atom is 0.263 e. The zero-order chi connectivity index (χ0) is 21.4. The lowest BCUT2D eigenvalue weighted by atomic mass is 10.0. The molecule has 0 radical (unpaired) electrons. The number of halogens is 1. The molecular weight excluding hydrogens is 418 g/mol. The van der Waals surface area contributed by atoms with Gasteiger partial charge in [-0.15, -0.1) is 11.3 Å². The summed E-state index contributed by atoms with van der Waals surface area (Å²) < 4.78 is 1.39. The molecule has 1 amide bonds. The Morgan fingerprint density at radius 2 is 1.90 bits per heavy atom. The minimum absolute atomic E-state index is 0.228. The van der Waals surface area contributed by atoms with Crippen LogP contribution in [0.5, 0.6) is 0 Å². The highest BCUT2D eigenvalue weighted by Gasteiger charge is 2.22. The number of fused-ring (bicyclic) bond motifs is 1. The molecule has 0 saturated heterocycles. The van der Waals surface area contributed by atoms with Crippen LogP contribution in [0.25, 0.3) is 21.3 Å². The predicted octanol–water partition coefficient (Wildman–Crippen LogP) is 5.59. The second kappa shape index (κ2) is 8.05. The molecule has 2 aromatic carbocycles. The summed E-state index contributed by atoms with van der Waals surface area (Å²) in [5.74, 6) is -0.308. The van der Waals surface area contributed by atoms with Crippen molar-refractivity contribution in [3.05, 3.63) is 80.7 Å². The third-order valence-electron chi connectivity index (χ3n) is 5.13. The number of rotatable bonds is 4. The number of carbonyl (C=O) groups is 1. The van der Waals surface area contributed by atoms with Crippen LogP contribution in [0.15, 0.2) is 59.7 Å². The molecule has 4 aromatic rings. The molecule has 5 nitrogen and oxygen atoms in total. The fraction of sp³-hybridized carbons (Fsp3) is 0.174. The van der Waals surface area contributed by atoms with E-state index in [0.29, 0.717) is 20.9 Å². The second-order valence-corrected chi connectivity index (χ2v) is 8.80. The molecule has 1 N–H and O–H groups in total. The van der Waals surface area contributed by atoms with E-state index in [0.717, 1.165) is 21.6 Å². The summed E-state index contributed by atoms with van der Waals surface area (Å²) in [5, 5.41) is 3.95. The van der Waals surface area contributed by atoms with Crippen LogP contribution in [0.3, 0.4) is 0 Å². The van der Waals surface area contributed by atoms with Gasteiger partial charge < -0.3 is 5.32 Å². The van der Waals surface area contributed by atoms with Gasteiger partial charge in [0.2, 0.25) is 5.91 Å². The SMILES string of the molecule is Cc1ccc(Cl)cc1NC(=O)C(C)n1cnc2sc(C)c(-c3ccccc3)c2c1=O. The van der Waals surface area contributed by atoms with Crippen molar-refractivity contribution < 1.29 is 4.79 Å². The van der Waals surface area contributed by atoms with Crippen LogP contribution < -0.4 is 10.9 Å². The van der Waals surface area contributed by atoms with Gasteiger partial charge in [0.25, 0.3) is 5.56 Å². The Labute approximate surface area is 183 Å². The topological polar surface area (TPSA) is 64.0 Å². The highest BCUT2D eigenvalue weighted by atomic mass is 35.5. The zero-order valence-electron chi connectivity index (χ0n) is 16.8. The fourth-order valence-electron chi connectivity index (χ4n) is 3.44. The van der Waals surface area contributed by atoms with Crippen molar-refractivity contribution in [2.24, 2.45) is 0 Å². The second-order valence-electron chi connectivity index (χ2n) is 7.16. The molecule has 0 fully saturated rings. The summed E-state index contributed by atoms with van der Waals surface area (Å²) in [5.41, 5.74) is 3.12. The number of amides is 1. The Balaban J connectivity index is 1.76. The maximum absolute atomic E-state index is 13.4. The number of nitrogens with one attached hydrogen (secondary N) is 1. The summed E-state index contributed by atoms with van der Waals surface area (Å²) in [7, 11) is 0. The van der Waals surface area contributed by atoms with Crippen molar-refractivity contribution in [3.8, 4) is 11.1 Å². The van der Waals surface area contributed by atoms with Crippen molar-refractivity contribution >= 4 is 44.7 Å². The molecule has 1 unspecified atom stereocenters. The molecule has 7 heteroatoms. The summed E-state index contributed by atoms with van der Waals surface area (Å²) in [6, 6.07) is 14.3. The molecule has 0 aliphatic carbocycles. The highest BCUT2D eigenvalue weighted by Crippen LogP contribution is 2.35. The quantitative estimate of drug-likeness (QED) is 0.452. The molecule has 2 heterocycles. The molecule has 2 aromatic heterocycles. The molecule has 30 heavy (non-hydrogen) atoms. The van der Waals surface area contributed by atoms with E-state index in [1.54, 1.807) is 19.1 Å². The third kappa shape index (κ3) is 3.64. The van der Waals surface area contributed by atoms with Crippen LogP contribution in [0.2, 0.25) is 5.02 Å². The third-order valence-corrected chi connectivity index (χ3v) is 6.38. The van der Waals surface area contributed by atoms with Crippen molar-refractivity contribution in [2.45, 2.75) is 26.8 Å². The van der Waals surface area contributed by atoms with Crippen molar-refractivity contribution in [2.75, 3.05) is 5.32 Å². The number of hydrogen-bond acceptors (Lipinski definition) is 4. The standard InChI is InChI=1S/C23H20ClN3O2S/c1-13-9-10-17(24)11-18(13)26-21(28)14(2)27-12-25-22-20(23(27)29)19(15(3)30-22)16-7-5-4-6-8-16/h4-12,14H,1-3H3,(H,26,28).